The smallest absolute Gasteiger partial charge is 0.354 e. The second-order valence-electron chi connectivity index (χ2n) is 4.15. The van der Waals surface area contributed by atoms with Crippen molar-refractivity contribution in [1.29, 1.82) is 0 Å². The lowest BCUT2D eigenvalue weighted by Crippen LogP contribution is -2.11. The summed E-state index contributed by atoms with van der Waals surface area (Å²) < 4.78 is 1.62. The van der Waals surface area contributed by atoms with Gasteiger partial charge in [0.1, 0.15) is 12.2 Å². The number of nitrogens with zero attached hydrogens (tertiary/aromatic N) is 5. The lowest BCUT2D eigenvalue weighted by atomic mass is 10.3. The van der Waals surface area contributed by atoms with Crippen LogP contribution in [0.2, 0.25) is 0 Å². The molecule has 0 amide bonds. The van der Waals surface area contributed by atoms with Crippen LogP contribution < -0.4 is 5.32 Å². The number of hydrogen-bond acceptors (Lipinski definition) is 6. The second-order valence-corrected chi connectivity index (χ2v) is 4.15. The second kappa shape index (κ2) is 6.09. The number of hydrogen-bond donors (Lipinski definition) is 1. The van der Waals surface area contributed by atoms with Gasteiger partial charge in [0.2, 0.25) is 11.6 Å². The van der Waals surface area contributed by atoms with E-state index in [0.29, 0.717) is 18.8 Å². The molecule has 0 spiro atoms. The first kappa shape index (κ1) is 13.9. The van der Waals surface area contributed by atoms with Crippen molar-refractivity contribution in [3.63, 3.8) is 0 Å². The summed E-state index contributed by atoms with van der Waals surface area (Å²) in [7, 11) is 0. The Morgan fingerprint density at radius 2 is 2.15 bits per heavy atom. The zero-order valence-corrected chi connectivity index (χ0v) is 11.4. The van der Waals surface area contributed by atoms with Gasteiger partial charge in [0.25, 0.3) is 0 Å². The summed E-state index contributed by atoms with van der Waals surface area (Å²) in [5.41, 5.74) is -0.131. The molecular formula is C12H16N6O2. The quantitative estimate of drug-likeness (QED) is 0.639. The molecule has 0 aromatic carbocycles. The lowest BCUT2D eigenvalue weighted by Gasteiger charge is -2.09. The zero-order valence-electron chi connectivity index (χ0n) is 11.4. The molecule has 0 saturated heterocycles. The minimum atomic E-state index is -0.466. The normalized spacial score (nSPS) is 10.5. The standard InChI is InChI=1S/C12H16N6O2/c1-3-5-14-11-10(18(19)20)12(16-8-15-11)17-7-6-13-9(17)4-2/h6-8H,3-5H2,1-2H3,(H,14,15,16). The summed E-state index contributed by atoms with van der Waals surface area (Å²) in [4.78, 5) is 23.1. The Labute approximate surface area is 116 Å². The molecule has 8 heteroatoms. The van der Waals surface area contributed by atoms with Gasteiger partial charge in [-0.15, -0.1) is 0 Å². The fourth-order valence-corrected chi connectivity index (χ4v) is 1.88. The Morgan fingerprint density at radius 3 is 2.80 bits per heavy atom. The van der Waals surface area contributed by atoms with Gasteiger partial charge in [-0.25, -0.2) is 15.0 Å². The highest BCUT2D eigenvalue weighted by atomic mass is 16.6. The number of nitrogens with one attached hydrogen (secondary N) is 1. The van der Waals surface area contributed by atoms with Crippen molar-refractivity contribution in [2.75, 3.05) is 11.9 Å². The van der Waals surface area contributed by atoms with Gasteiger partial charge in [0, 0.05) is 25.4 Å². The van der Waals surface area contributed by atoms with Crippen molar-refractivity contribution < 1.29 is 4.92 Å². The maximum Gasteiger partial charge on any atom is 0.354 e. The van der Waals surface area contributed by atoms with Crippen molar-refractivity contribution in [3.8, 4) is 5.82 Å². The van der Waals surface area contributed by atoms with Crippen molar-refractivity contribution in [1.82, 2.24) is 19.5 Å². The van der Waals surface area contributed by atoms with Crippen LogP contribution in [0, 0.1) is 10.1 Å². The van der Waals surface area contributed by atoms with E-state index in [1.54, 1.807) is 17.0 Å². The van der Waals surface area contributed by atoms with Crippen LogP contribution in [0.15, 0.2) is 18.7 Å². The summed E-state index contributed by atoms with van der Waals surface area (Å²) >= 11 is 0. The predicted molar refractivity (Wildman–Crippen MR) is 74.0 cm³/mol. The summed E-state index contributed by atoms with van der Waals surface area (Å²) in [6.07, 6.45) is 6.09. The van der Waals surface area contributed by atoms with E-state index in [9.17, 15) is 10.1 Å². The van der Waals surface area contributed by atoms with Gasteiger partial charge in [0.05, 0.1) is 4.92 Å². The minimum Gasteiger partial charge on any atom is -0.364 e. The zero-order chi connectivity index (χ0) is 14.5. The molecule has 2 aromatic heterocycles. The molecule has 106 valence electrons. The van der Waals surface area contributed by atoms with Crippen molar-refractivity contribution in [2.24, 2.45) is 0 Å². The van der Waals surface area contributed by atoms with Crippen LogP contribution in [-0.2, 0) is 6.42 Å². The predicted octanol–water partition coefficient (Wildman–Crippen LogP) is 1.95. The Hall–Kier alpha value is -2.51. The van der Waals surface area contributed by atoms with Crippen molar-refractivity contribution in [2.45, 2.75) is 26.7 Å². The number of nitro groups is 1. The van der Waals surface area contributed by atoms with Crippen LogP contribution in [0.1, 0.15) is 26.1 Å². The van der Waals surface area contributed by atoms with Gasteiger partial charge in [0.15, 0.2) is 0 Å². The first-order valence-electron chi connectivity index (χ1n) is 6.44. The van der Waals surface area contributed by atoms with E-state index in [1.807, 2.05) is 13.8 Å². The molecule has 0 radical (unpaired) electrons. The first-order chi connectivity index (χ1) is 9.69. The highest BCUT2D eigenvalue weighted by Crippen LogP contribution is 2.28. The number of anilines is 1. The molecular weight excluding hydrogens is 260 g/mol. The summed E-state index contributed by atoms with van der Waals surface area (Å²) in [6.45, 7) is 4.52. The fraction of sp³-hybridized carbons (Fsp3) is 0.417. The number of rotatable bonds is 6. The third kappa shape index (κ3) is 2.58. The topological polar surface area (TPSA) is 98.8 Å². The van der Waals surface area contributed by atoms with Crippen LogP contribution >= 0.6 is 0 Å². The van der Waals surface area contributed by atoms with Crippen LogP contribution in [0.4, 0.5) is 11.5 Å². The Bertz CT molecular complexity index is 610. The average Bonchev–Trinajstić information content (AvgIpc) is 2.92. The van der Waals surface area contributed by atoms with Gasteiger partial charge in [-0.05, 0) is 6.42 Å². The van der Waals surface area contributed by atoms with Gasteiger partial charge >= 0.3 is 5.69 Å². The van der Waals surface area contributed by atoms with Crippen LogP contribution in [-0.4, -0.2) is 31.0 Å². The van der Waals surface area contributed by atoms with E-state index in [-0.39, 0.29) is 17.3 Å². The third-order valence-electron chi connectivity index (χ3n) is 2.79. The maximum atomic E-state index is 11.4. The molecule has 0 aliphatic carbocycles. The van der Waals surface area contributed by atoms with E-state index in [1.165, 1.54) is 6.33 Å². The molecule has 2 rings (SSSR count). The molecule has 1 N–H and O–H groups in total. The SMILES string of the molecule is CCCNc1ncnc(-n2ccnc2CC)c1[N+](=O)[O-]. The Kier molecular flexibility index (Phi) is 4.24. The average molecular weight is 276 g/mol. The molecule has 8 nitrogen and oxygen atoms in total. The minimum absolute atomic E-state index is 0.131. The summed E-state index contributed by atoms with van der Waals surface area (Å²) in [6, 6.07) is 0. The monoisotopic (exact) mass is 276 g/mol. The molecule has 2 aromatic rings. The largest absolute Gasteiger partial charge is 0.364 e. The molecule has 0 saturated carbocycles. The number of imidazole rings is 1. The van der Waals surface area contributed by atoms with E-state index < -0.39 is 4.92 Å². The molecule has 0 bridgehead atoms. The summed E-state index contributed by atoms with van der Waals surface area (Å²) in [5.74, 6) is 1.18. The van der Waals surface area contributed by atoms with E-state index in [4.69, 9.17) is 0 Å². The highest BCUT2D eigenvalue weighted by Gasteiger charge is 2.24. The van der Waals surface area contributed by atoms with Crippen molar-refractivity contribution >= 4 is 11.5 Å². The van der Waals surface area contributed by atoms with E-state index >= 15 is 0 Å². The van der Waals surface area contributed by atoms with Crippen LogP contribution in [0.3, 0.4) is 0 Å². The first-order valence-corrected chi connectivity index (χ1v) is 6.44. The molecule has 0 aliphatic heterocycles. The highest BCUT2D eigenvalue weighted by molar-refractivity contribution is 5.64. The molecule has 0 aliphatic rings. The molecule has 0 unspecified atom stereocenters. The van der Waals surface area contributed by atoms with E-state index in [0.717, 1.165) is 6.42 Å². The lowest BCUT2D eigenvalue weighted by molar-refractivity contribution is -0.384. The van der Waals surface area contributed by atoms with Gasteiger partial charge in [-0.3, -0.25) is 14.7 Å². The van der Waals surface area contributed by atoms with Crippen LogP contribution in [0.25, 0.3) is 5.82 Å². The third-order valence-corrected chi connectivity index (χ3v) is 2.79. The van der Waals surface area contributed by atoms with Gasteiger partial charge in [-0.1, -0.05) is 13.8 Å². The van der Waals surface area contributed by atoms with Crippen LogP contribution in [0.5, 0.6) is 0 Å². The fourth-order valence-electron chi connectivity index (χ4n) is 1.88. The molecule has 0 fully saturated rings. The summed E-state index contributed by atoms with van der Waals surface area (Å²) in [5, 5.41) is 14.3. The number of aryl methyl sites for hydroxylation is 1. The molecule has 20 heavy (non-hydrogen) atoms. The Morgan fingerprint density at radius 1 is 1.35 bits per heavy atom. The maximum absolute atomic E-state index is 11.4. The van der Waals surface area contributed by atoms with Gasteiger partial charge in [-0.2, -0.15) is 0 Å². The number of aromatic nitrogens is 4. The van der Waals surface area contributed by atoms with Gasteiger partial charge < -0.3 is 5.32 Å². The molecule has 0 atom stereocenters. The Balaban J connectivity index is 2.55. The van der Waals surface area contributed by atoms with E-state index in [2.05, 4.69) is 20.3 Å². The van der Waals surface area contributed by atoms with Crippen molar-refractivity contribution in [3.05, 3.63) is 34.7 Å². The molecule has 2 heterocycles.